The number of hydrogen-bond donors (Lipinski definition) is 2. The fourth-order valence-corrected chi connectivity index (χ4v) is 2.37. The summed E-state index contributed by atoms with van der Waals surface area (Å²) in [6.07, 6.45) is 3.62. The Labute approximate surface area is 108 Å². The maximum Gasteiger partial charge on any atom is 0.144 e. The van der Waals surface area contributed by atoms with Gasteiger partial charge >= 0.3 is 0 Å². The van der Waals surface area contributed by atoms with Crippen molar-refractivity contribution in [3.05, 3.63) is 18.2 Å². The third-order valence-electron chi connectivity index (χ3n) is 3.51. The van der Waals surface area contributed by atoms with Crippen LogP contribution in [0.5, 0.6) is 5.75 Å². The van der Waals surface area contributed by atoms with Crippen LogP contribution in [0.25, 0.3) is 0 Å². The maximum atomic E-state index is 9.22. The third kappa shape index (κ3) is 2.53. The monoisotopic (exact) mass is 250 g/mol. The molecule has 0 aliphatic heterocycles. The van der Waals surface area contributed by atoms with E-state index in [9.17, 15) is 5.11 Å². The minimum absolute atomic E-state index is 0.148. The highest BCUT2D eigenvalue weighted by molar-refractivity contribution is 5.74. The number of benzene rings is 1. The number of ether oxygens (including phenoxy) is 1. The summed E-state index contributed by atoms with van der Waals surface area (Å²) in [7, 11) is 0. The van der Waals surface area contributed by atoms with Crippen LogP contribution in [0.4, 0.5) is 11.4 Å². The van der Waals surface area contributed by atoms with Crippen molar-refractivity contribution in [3.8, 4) is 5.75 Å². The molecule has 1 aromatic carbocycles. The van der Waals surface area contributed by atoms with Gasteiger partial charge in [-0.15, -0.1) is 0 Å². The second-order valence-electron chi connectivity index (χ2n) is 4.62. The van der Waals surface area contributed by atoms with E-state index in [2.05, 4.69) is 4.90 Å². The van der Waals surface area contributed by atoms with Crippen molar-refractivity contribution in [2.45, 2.75) is 32.2 Å². The summed E-state index contributed by atoms with van der Waals surface area (Å²) in [6, 6.07) is 6.36. The predicted octanol–water partition coefficient (Wildman–Crippen LogP) is 2.02. The molecule has 0 amide bonds. The Kier molecular flexibility index (Phi) is 4.31. The van der Waals surface area contributed by atoms with E-state index in [1.807, 2.05) is 25.1 Å². The number of rotatable bonds is 6. The van der Waals surface area contributed by atoms with E-state index in [1.54, 1.807) is 0 Å². The zero-order valence-electron chi connectivity index (χ0n) is 10.9. The highest BCUT2D eigenvalue weighted by Gasteiger charge is 2.26. The number of nitrogens with zero attached hydrogens (tertiary/aromatic N) is 1. The van der Waals surface area contributed by atoms with Gasteiger partial charge in [-0.25, -0.2) is 0 Å². The molecular formula is C14H22N2O2. The highest BCUT2D eigenvalue weighted by atomic mass is 16.5. The molecule has 0 bridgehead atoms. The lowest BCUT2D eigenvalue weighted by atomic mass is 9.91. The lowest BCUT2D eigenvalue weighted by Gasteiger charge is -2.39. The number of para-hydroxylation sites is 1. The summed E-state index contributed by atoms with van der Waals surface area (Å²) in [6.45, 7) is 3.33. The minimum atomic E-state index is 0.148. The van der Waals surface area contributed by atoms with Gasteiger partial charge in [0.25, 0.3) is 0 Å². The first-order valence-electron chi connectivity index (χ1n) is 6.66. The SMILES string of the molecule is CCOc1cccc(N(CCO)C2CCC2)c1N. The van der Waals surface area contributed by atoms with Crippen molar-refractivity contribution in [2.24, 2.45) is 0 Å². The third-order valence-corrected chi connectivity index (χ3v) is 3.51. The molecule has 100 valence electrons. The molecule has 1 aromatic rings. The van der Waals surface area contributed by atoms with Gasteiger partial charge in [-0.3, -0.25) is 0 Å². The van der Waals surface area contributed by atoms with E-state index in [4.69, 9.17) is 10.5 Å². The molecule has 1 fully saturated rings. The number of nitrogen functional groups attached to an aromatic ring is 1. The Morgan fingerprint density at radius 2 is 2.22 bits per heavy atom. The molecule has 1 aliphatic carbocycles. The summed E-state index contributed by atoms with van der Waals surface area (Å²) in [5.74, 6) is 0.734. The molecule has 2 rings (SSSR count). The number of aliphatic hydroxyl groups is 1. The molecule has 0 radical (unpaired) electrons. The number of anilines is 2. The van der Waals surface area contributed by atoms with Crippen molar-refractivity contribution < 1.29 is 9.84 Å². The van der Waals surface area contributed by atoms with Crippen LogP contribution >= 0.6 is 0 Å². The molecule has 1 saturated carbocycles. The fraction of sp³-hybridized carbons (Fsp3) is 0.571. The van der Waals surface area contributed by atoms with Crippen LogP contribution in [0.15, 0.2) is 18.2 Å². The first-order chi connectivity index (χ1) is 8.77. The summed E-state index contributed by atoms with van der Waals surface area (Å²) >= 11 is 0. The van der Waals surface area contributed by atoms with Gasteiger partial charge in [-0.05, 0) is 38.3 Å². The topological polar surface area (TPSA) is 58.7 Å². The fourth-order valence-electron chi connectivity index (χ4n) is 2.37. The molecule has 0 atom stereocenters. The van der Waals surface area contributed by atoms with Crippen LogP contribution in [0.2, 0.25) is 0 Å². The number of hydrogen-bond acceptors (Lipinski definition) is 4. The Balaban J connectivity index is 2.25. The summed E-state index contributed by atoms with van der Waals surface area (Å²) < 4.78 is 5.52. The zero-order chi connectivity index (χ0) is 13.0. The Morgan fingerprint density at radius 3 is 2.78 bits per heavy atom. The predicted molar refractivity (Wildman–Crippen MR) is 74.1 cm³/mol. The highest BCUT2D eigenvalue weighted by Crippen LogP contribution is 2.37. The van der Waals surface area contributed by atoms with Gasteiger partial charge in [-0.1, -0.05) is 6.07 Å². The Morgan fingerprint density at radius 1 is 1.44 bits per heavy atom. The smallest absolute Gasteiger partial charge is 0.144 e. The van der Waals surface area contributed by atoms with E-state index in [0.29, 0.717) is 24.9 Å². The van der Waals surface area contributed by atoms with Crippen LogP contribution in [0.1, 0.15) is 26.2 Å². The van der Waals surface area contributed by atoms with Gasteiger partial charge in [-0.2, -0.15) is 0 Å². The van der Waals surface area contributed by atoms with Crippen LogP contribution in [-0.4, -0.2) is 30.9 Å². The summed E-state index contributed by atoms with van der Waals surface area (Å²) in [5, 5.41) is 9.22. The Bertz CT molecular complexity index is 391. The van der Waals surface area contributed by atoms with Gasteiger partial charge in [0.05, 0.1) is 24.6 Å². The quantitative estimate of drug-likeness (QED) is 0.758. The molecule has 4 nitrogen and oxygen atoms in total. The molecule has 0 unspecified atom stereocenters. The van der Waals surface area contributed by atoms with Gasteiger partial charge in [0, 0.05) is 12.6 Å². The molecular weight excluding hydrogens is 228 g/mol. The lowest BCUT2D eigenvalue weighted by Crippen LogP contribution is -2.42. The van der Waals surface area contributed by atoms with Gasteiger partial charge in [0.2, 0.25) is 0 Å². The van der Waals surface area contributed by atoms with Crippen LogP contribution in [-0.2, 0) is 0 Å². The van der Waals surface area contributed by atoms with E-state index in [-0.39, 0.29) is 6.61 Å². The van der Waals surface area contributed by atoms with E-state index < -0.39 is 0 Å². The molecule has 18 heavy (non-hydrogen) atoms. The maximum absolute atomic E-state index is 9.22. The largest absolute Gasteiger partial charge is 0.492 e. The van der Waals surface area contributed by atoms with E-state index >= 15 is 0 Å². The van der Waals surface area contributed by atoms with Gasteiger partial charge < -0.3 is 20.5 Å². The molecule has 0 saturated heterocycles. The van der Waals surface area contributed by atoms with Crippen LogP contribution in [0, 0.1) is 0 Å². The number of aliphatic hydroxyl groups excluding tert-OH is 1. The van der Waals surface area contributed by atoms with Crippen molar-refractivity contribution >= 4 is 11.4 Å². The van der Waals surface area contributed by atoms with E-state index in [0.717, 1.165) is 11.4 Å². The molecule has 0 spiro atoms. The molecule has 1 aliphatic rings. The average molecular weight is 250 g/mol. The van der Waals surface area contributed by atoms with E-state index in [1.165, 1.54) is 19.3 Å². The number of nitrogens with two attached hydrogens (primary N) is 1. The van der Waals surface area contributed by atoms with Crippen molar-refractivity contribution in [3.63, 3.8) is 0 Å². The molecule has 4 heteroatoms. The van der Waals surface area contributed by atoms with Gasteiger partial charge in [0.15, 0.2) is 0 Å². The standard InChI is InChI=1S/C14H22N2O2/c1-2-18-13-8-4-7-12(14(13)15)16(9-10-17)11-5-3-6-11/h4,7-8,11,17H,2-3,5-6,9-10,15H2,1H3. The minimum Gasteiger partial charge on any atom is -0.492 e. The normalized spacial score (nSPS) is 15.2. The van der Waals surface area contributed by atoms with Crippen molar-refractivity contribution in [1.82, 2.24) is 0 Å². The zero-order valence-corrected chi connectivity index (χ0v) is 10.9. The van der Waals surface area contributed by atoms with Crippen molar-refractivity contribution in [2.75, 3.05) is 30.4 Å². The van der Waals surface area contributed by atoms with Crippen LogP contribution < -0.4 is 15.4 Å². The summed E-state index contributed by atoms with van der Waals surface area (Å²) in [5.41, 5.74) is 7.83. The first kappa shape index (κ1) is 13.0. The van der Waals surface area contributed by atoms with Crippen LogP contribution in [0.3, 0.4) is 0 Å². The molecule has 3 N–H and O–H groups in total. The second kappa shape index (κ2) is 5.96. The lowest BCUT2D eigenvalue weighted by molar-refractivity contribution is 0.283. The second-order valence-corrected chi connectivity index (χ2v) is 4.62. The van der Waals surface area contributed by atoms with Crippen molar-refractivity contribution in [1.29, 1.82) is 0 Å². The first-order valence-corrected chi connectivity index (χ1v) is 6.66. The van der Waals surface area contributed by atoms with Gasteiger partial charge in [0.1, 0.15) is 5.75 Å². The molecule has 0 aromatic heterocycles. The summed E-state index contributed by atoms with van der Waals surface area (Å²) in [4.78, 5) is 2.21. The molecule has 0 heterocycles. The Hall–Kier alpha value is -1.42. The average Bonchev–Trinajstić information content (AvgIpc) is 2.29.